The number of hydrogen-bond acceptors (Lipinski definition) is 2. The average molecular weight is 311 g/mol. The maximum absolute atomic E-state index is 6.00. The number of hydrogen-bond donors (Lipinski definition) is 1. The summed E-state index contributed by atoms with van der Waals surface area (Å²) < 4.78 is 5.32. The lowest BCUT2D eigenvalue weighted by atomic mass is 10.1. The summed E-state index contributed by atoms with van der Waals surface area (Å²) in [5.41, 5.74) is 2.43. The van der Waals surface area contributed by atoms with E-state index < -0.39 is 0 Å². The monoisotopic (exact) mass is 310 g/mol. The maximum Gasteiger partial charge on any atom is 0.123 e. The first-order valence-corrected chi connectivity index (χ1v) is 6.74. The van der Waals surface area contributed by atoms with Crippen molar-refractivity contribution in [2.24, 2.45) is 0 Å². The molecule has 0 aliphatic heterocycles. The number of methoxy groups -OCH3 is 1. The zero-order valence-electron chi connectivity index (χ0n) is 11.4. The minimum Gasteiger partial charge on any atom is -1.00 e. The molecule has 2 aromatic rings. The molecule has 4 heteroatoms. The second-order valence-electron chi connectivity index (χ2n) is 4.37. The summed E-state index contributed by atoms with van der Waals surface area (Å²) in [5, 5.41) is 4.15. The van der Waals surface area contributed by atoms with E-state index in [1.807, 2.05) is 24.3 Å². The molecule has 20 heavy (non-hydrogen) atoms. The van der Waals surface area contributed by atoms with Crippen LogP contribution in [0.3, 0.4) is 0 Å². The molecule has 2 rings (SSSR count). The Hall–Kier alpha value is -1.22. The second-order valence-corrected chi connectivity index (χ2v) is 4.80. The zero-order chi connectivity index (χ0) is 13.5. The quantitative estimate of drug-likeness (QED) is 0.793. The van der Waals surface area contributed by atoms with Crippen LogP contribution in [0.5, 0.6) is 5.75 Å². The van der Waals surface area contributed by atoms with Gasteiger partial charge in [-0.2, -0.15) is 0 Å². The van der Waals surface area contributed by atoms with Crippen molar-refractivity contribution in [1.82, 2.24) is 5.32 Å². The fourth-order valence-electron chi connectivity index (χ4n) is 1.99. The molecule has 0 fully saturated rings. The summed E-state index contributed by atoms with van der Waals surface area (Å²) in [4.78, 5) is 0. The molecule has 2 nitrogen and oxygen atoms in total. The molecule has 0 atom stereocenters. The smallest absolute Gasteiger partial charge is 0.123 e. The number of halogens is 2. The Balaban J connectivity index is 0.00000200. The van der Waals surface area contributed by atoms with Gasteiger partial charge in [-0.25, -0.2) is 0 Å². The third-order valence-corrected chi connectivity index (χ3v) is 3.23. The van der Waals surface area contributed by atoms with Crippen molar-refractivity contribution in [2.75, 3.05) is 13.7 Å². The molecule has 0 aromatic heterocycles. The van der Waals surface area contributed by atoms with Crippen LogP contribution in [0.25, 0.3) is 0 Å². The van der Waals surface area contributed by atoms with Gasteiger partial charge in [-0.05, 0) is 36.7 Å². The molecule has 0 saturated carbocycles. The van der Waals surface area contributed by atoms with Crippen molar-refractivity contribution in [1.29, 1.82) is 0 Å². The summed E-state index contributed by atoms with van der Waals surface area (Å²) in [7, 11) is 1.68. The van der Waals surface area contributed by atoms with Crippen molar-refractivity contribution in [3.63, 3.8) is 0 Å². The fourth-order valence-corrected chi connectivity index (χ4v) is 2.18. The lowest BCUT2D eigenvalue weighted by Gasteiger charge is -2.10. The lowest BCUT2D eigenvalue weighted by molar-refractivity contribution is -0.00000409. The van der Waals surface area contributed by atoms with Crippen molar-refractivity contribution < 1.29 is 17.1 Å². The summed E-state index contributed by atoms with van der Waals surface area (Å²) in [6.07, 6.45) is 1.02. The van der Waals surface area contributed by atoms with Crippen molar-refractivity contribution in [2.45, 2.75) is 13.0 Å². The third-order valence-electron chi connectivity index (χ3n) is 2.99. The van der Waals surface area contributed by atoms with Gasteiger partial charge in [0.25, 0.3) is 0 Å². The Labute approximate surface area is 131 Å². The van der Waals surface area contributed by atoms with E-state index in [-0.39, 0.29) is 12.4 Å². The van der Waals surface area contributed by atoms with E-state index in [9.17, 15) is 0 Å². The maximum atomic E-state index is 6.00. The summed E-state index contributed by atoms with van der Waals surface area (Å²) in [6.45, 7) is 1.69. The predicted molar refractivity (Wildman–Crippen MR) is 79.9 cm³/mol. The molecular formula is C16H18Cl2NO-. The Kier molecular flexibility index (Phi) is 7.45. The highest BCUT2D eigenvalue weighted by atomic mass is 35.5. The van der Waals surface area contributed by atoms with Gasteiger partial charge >= 0.3 is 0 Å². The molecule has 0 aliphatic carbocycles. The highest BCUT2D eigenvalue weighted by Crippen LogP contribution is 2.22. The van der Waals surface area contributed by atoms with Gasteiger partial charge < -0.3 is 22.5 Å². The molecule has 1 N–H and O–H groups in total. The first kappa shape index (κ1) is 16.8. The van der Waals surface area contributed by atoms with E-state index in [0.29, 0.717) is 0 Å². The SMILES string of the molecule is COc1ccc(Cl)cc1CNCCc1ccccc1.[Cl-]. The van der Waals surface area contributed by atoms with Crippen LogP contribution in [0.2, 0.25) is 5.02 Å². The fraction of sp³-hybridized carbons (Fsp3) is 0.250. The summed E-state index contributed by atoms with van der Waals surface area (Å²) in [6, 6.07) is 16.1. The molecule has 0 heterocycles. The number of ether oxygens (including phenoxy) is 1. The lowest BCUT2D eigenvalue weighted by Crippen LogP contribution is -3.00. The zero-order valence-corrected chi connectivity index (χ0v) is 12.9. The minimum absolute atomic E-state index is 0. The second kappa shape index (κ2) is 8.85. The van der Waals surface area contributed by atoms with E-state index in [2.05, 4.69) is 29.6 Å². The molecule has 2 aromatic carbocycles. The highest BCUT2D eigenvalue weighted by molar-refractivity contribution is 6.30. The molecular weight excluding hydrogens is 293 g/mol. The van der Waals surface area contributed by atoms with E-state index in [1.165, 1.54) is 5.56 Å². The van der Waals surface area contributed by atoms with Crippen LogP contribution in [0.4, 0.5) is 0 Å². The Morgan fingerprint density at radius 2 is 1.85 bits per heavy atom. The molecule has 0 spiro atoms. The van der Waals surface area contributed by atoms with Crippen LogP contribution in [-0.2, 0) is 13.0 Å². The van der Waals surface area contributed by atoms with Gasteiger partial charge in [-0.3, -0.25) is 0 Å². The molecule has 0 radical (unpaired) electrons. The number of nitrogens with one attached hydrogen (secondary N) is 1. The van der Waals surface area contributed by atoms with Crippen molar-refractivity contribution in [3.8, 4) is 5.75 Å². The van der Waals surface area contributed by atoms with Gasteiger partial charge in [-0.15, -0.1) is 0 Å². The van der Waals surface area contributed by atoms with Crippen LogP contribution < -0.4 is 22.5 Å². The molecule has 0 unspecified atom stereocenters. The van der Waals surface area contributed by atoms with Gasteiger partial charge in [-0.1, -0.05) is 41.9 Å². The van der Waals surface area contributed by atoms with Crippen LogP contribution >= 0.6 is 11.6 Å². The molecule has 0 saturated heterocycles. The molecule has 108 valence electrons. The minimum atomic E-state index is 0. The van der Waals surface area contributed by atoms with Gasteiger partial charge in [0.15, 0.2) is 0 Å². The highest BCUT2D eigenvalue weighted by Gasteiger charge is 2.03. The Bertz CT molecular complexity index is 517. The predicted octanol–water partition coefficient (Wildman–Crippen LogP) is 0.685. The van der Waals surface area contributed by atoms with E-state index in [0.717, 1.165) is 35.8 Å². The van der Waals surface area contributed by atoms with Crippen LogP contribution in [0.1, 0.15) is 11.1 Å². The first-order chi connectivity index (χ1) is 9.29. The summed E-state index contributed by atoms with van der Waals surface area (Å²) >= 11 is 6.00. The molecule has 0 bridgehead atoms. The van der Waals surface area contributed by atoms with Crippen LogP contribution in [0.15, 0.2) is 48.5 Å². The van der Waals surface area contributed by atoms with E-state index in [4.69, 9.17) is 16.3 Å². The Morgan fingerprint density at radius 3 is 2.55 bits per heavy atom. The normalized spacial score (nSPS) is 9.90. The third kappa shape index (κ3) is 5.04. The first-order valence-electron chi connectivity index (χ1n) is 6.36. The molecule has 0 amide bonds. The van der Waals surface area contributed by atoms with Crippen LogP contribution in [0, 0.1) is 0 Å². The molecule has 0 aliphatic rings. The summed E-state index contributed by atoms with van der Waals surface area (Å²) in [5.74, 6) is 0.872. The Morgan fingerprint density at radius 1 is 1.10 bits per heavy atom. The van der Waals surface area contributed by atoms with Gasteiger partial charge in [0, 0.05) is 17.1 Å². The standard InChI is InChI=1S/C16H18ClNO.ClH/c1-19-16-8-7-15(17)11-14(16)12-18-10-9-13-5-3-2-4-6-13;/h2-8,11,18H,9-10,12H2,1H3;1H/p-1. The van der Waals surface area contributed by atoms with Gasteiger partial charge in [0.1, 0.15) is 5.75 Å². The number of rotatable bonds is 6. The van der Waals surface area contributed by atoms with Crippen LogP contribution in [-0.4, -0.2) is 13.7 Å². The average Bonchev–Trinajstić information content (AvgIpc) is 2.45. The van der Waals surface area contributed by atoms with E-state index in [1.54, 1.807) is 7.11 Å². The van der Waals surface area contributed by atoms with E-state index >= 15 is 0 Å². The largest absolute Gasteiger partial charge is 1.00 e. The number of benzene rings is 2. The van der Waals surface area contributed by atoms with Crippen molar-refractivity contribution in [3.05, 3.63) is 64.7 Å². The topological polar surface area (TPSA) is 21.3 Å². The van der Waals surface area contributed by atoms with Crippen molar-refractivity contribution >= 4 is 11.6 Å². The van der Waals surface area contributed by atoms with Gasteiger partial charge in [0.05, 0.1) is 7.11 Å². The van der Waals surface area contributed by atoms with Gasteiger partial charge in [0.2, 0.25) is 0 Å².